The topological polar surface area (TPSA) is 22.9 Å². The SMILES string of the molecule is Cc1cc2c3c(c1)N(c1cc4c(cc1C)C(C)(C)CCC4(C)C)c1cc(N(c4ccc(-c5ccccc5)cc4)c4ccc(C(C)(C)C)cc4)ccc1B3N(c1ccc3c(c1)C(C)(C)CCC3(C)C)c1c-2ccc2c1oc1ccccc12. The van der Waals surface area contributed by atoms with E-state index in [9.17, 15) is 0 Å². The fourth-order valence-electron chi connectivity index (χ4n) is 14.7. The third kappa shape index (κ3) is 8.06. The second-order valence-electron chi connectivity index (χ2n) is 28.0. The predicted molar refractivity (Wildman–Crippen MR) is 346 cm³/mol. The molecule has 0 N–H and O–H groups in total. The fraction of sp³-hybridized carbons (Fsp3) is 0.289. The van der Waals surface area contributed by atoms with Crippen molar-refractivity contribution < 1.29 is 4.42 Å². The molecule has 0 radical (unpaired) electrons. The first kappa shape index (κ1) is 51.4. The van der Waals surface area contributed by atoms with E-state index < -0.39 is 0 Å². The molecule has 10 aromatic rings. The van der Waals surface area contributed by atoms with Gasteiger partial charge in [0, 0.05) is 56.1 Å². The van der Waals surface area contributed by atoms with Crippen LogP contribution in [0, 0.1) is 13.8 Å². The zero-order valence-corrected chi connectivity index (χ0v) is 49.9. The van der Waals surface area contributed by atoms with Gasteiger partial charge in [-0.1, -0.05) is 179 Å². The Morgan fingerprint density at radius 3 is 1.75 bits per heavy atom. The van der Waals surface area contributed by atoms with Gasteiger partial charge in [0.25, 0.3) is 0 Å². The Kier molecular flexibility index (Phi) is 11.3. The van der Waals surface area contributed by atoms with Crippen LogP contribution in [0.5, 0.6) is 0 Å². The molecule has 3 heterocycles. The Balaban J connectivity index is 1.08. The number of benzene rings is 9. The quantitative estimate of drug-likeness (QED) is 0.155. The molecule has 0 amide bonds. The molecule has 0 unspecified atom stereocenters. The number of hydrogen-bond donors (Lipinski definition) is 0. The molecule has 0 fully saturated rings. The van der Waals surface area contributed by atoms with Crippen molar-refractivity contribution in [3.8, 4) is 22.3 Å². The van der Waals surface area contributed by atoms with Gasteiger partial charge in [-0.3, -0.25) is 0 Å². The normalized spacial score (nSPS) is 17.1. The van der Waals surface area contributed by atoms with E-state index in [1.807, 2.05) is 0 Å². The van der Waals surface area contributed by atoms with Gasteiger partial charge in [0.05, 0.1) is 5.69 Å². The highest BCUT2D eigenvalue weighted by Crippen LogP contribution is 2.55. The second kappa shape index (κ2) is 17.9. The maximum Gasteiger partial charge on any atom is 0.333 e. The maximum absolute atomic E-state index is 7.21. The van der Waals surface area contributed by atoms with Crippen LogP contribution < -0.4 is 25.5 Å². The summed E-state index contributed by atoms with van der Waals surface area (Å²) in [5, 5.41) is 2.28. The summed E-state index contributed by atoms with van der Waals surface area (Å²) in [5.41, 5.74) is 28.4. The minimum atomic E-state index is -0.210. The van der Waals surface area contributed by atoms with Gasteiger partial charge in [-0.15, -0.1) is 0 Å². The number of furan rings is 1. The van der Waals surface area contributed by atoms with Crippen LogP contribution in [0.3, 0.4) is 0 Å². The first-order chi connectivity index (χ1) is 38.6. The number of rotatable bonds is 6. The monoisotopic (exact) mass is 1060 g/mol. The summed E-state index contributed by atoms with van der Waals surface area (Å²) in [6.07, 6.45) is 4.60. The maximum atomic E-state index is 7.21. The summed E-state index contributed by atoms with van der Waals surface area (Å²) < 4.78 is 7.21. The Morgan fingerprint density at radius 2 is 1.07 bits per heavy atom. The minimum Gasteiger partial charge on any atom is -0.454 e. The van der Waals surface area contributed by atoms with Gasteiger partial charge in [-0.2, -0.15) is 0 Å². The lowest BCUT2D eigenvalue weighted by molar-refractivity contribution is 0.332. The van der Waals surface area contributed by atoms with Crippen LogP contribution in [-0.2, 0) is 27.1 Å². The van der Waals surface area contributed by atoms with Crippen LogP contribution in [-0.4, -0.2) is 6.85 Å². The zero-order valence-electron chi connectivity index (χ0n) is 49.9. The van der Waals surface area contributed by atoms with E-state index in [2.05, 4.69) is 281 Å². The van der Waals surface area contributed by atoms with Crippen molar-refractivity contribution in [2.45, 2.75) is 143 Å². The minimum absolute atomic E-state index is 0.00135. The van der Waals surface area contributed by atoms with Gasteiger partial charge in [-0.25, -0.2) is 0 Å². The van der Waals surface area contributed by atoms with Gasteiger partial charge in [0.1, 0.15) is 5.58 Å². The van der Waals surface area contributed by atoms with Crippen LogP contribution in [0.25, 0.3) is 44.2 Å². The van der Waals surface area contributed by atoms with Gasteiger partial charge >= 0.3 is 6.85 Å². The Hall–Kier alpha value is -7.76. The molecule has 0 saturated heterocycles. The number of fused-ring (bicyclic) bond motifs is 10. The average Bonchev–Trinajstić information content (AvgIpc) is 3.93. The van der Waals surface area contributed by atoms with Gasteiger partial charge < -0.3 is 19.0 Å². The molecule has 2 aliphatic carbocycles. The summed E-state index contributed by atoms with van der Waals surface area (Å²) in [5.74, 6) is 0. The molecule has 0 bridgehead atoms. The predicted octanol–water partition coefficient (Wildman–Crippen LogP) is 20.0. The molecular weight excluding hydrogens is 982 g/mol. The first-order valence-electron chi connectivity index (χ1n) is 29.8. The van der Waals surface area contributed by atoms with E-state index in [0.29, 0.717) is 0 Å². The Labute approximate surface area is 481 Å². The number of aryl methyl sites for hydroxylation is 2. The van der Waals surface area contributed by atoms with Crippen molar-refractivity contribution in [2.75, 3.05) is 14.6 Å². The third-order valence-electron chi connectivity index (χ3n) is 19.7. The van der Waals surface area contributed by atoms with Crippen molar-refractivity contribution in [1.29, 1.82) is 0 Å². The van der Waals surface area contributed by atoms with Gasteiger partial charge in [-0.05, 0) is 206 Å². The van der Waals surface area contributed by atoms with Crippen LogP contribution in [0.2, 0.25) is 0 Å². The van der Waals surface area contributed by atoms with Crippen LogP contribution in [0.15, 0.2) is 180 Å². The van der Waals surface area contributed by atoms with Crippen molar-refractivity contribution in [3.63, 3.8) is 0 Å². The lowest BCUT2D eigenvalue weighted by Gasteiger charge is -2.48. The van der Waals surface area contributed by atoms with Crippen molar-refractivity contribution >= 4 is 85.2 Å². The number of nitrogens with zero attached hydrogens (tertiary/aromatic N) is 3. The molecule has 1 aromatic heterocycles. The van der Waals surface area contributed by atoms with Gasteiger partial charge in [0.2, 0.25) is 0 Å². The van der Waals surface area contributed by atoms with Crippen molar-refractivity contribution in [1.82, 2.24) is 0 Å². The molecule has 81 heavy (non-hydrogen) atoms. The molecule has 0 spiro atoms. The molecule has 2 aliphatic heterocycles. The summed E-state index contributed by atoms with van der Waals surface area (Å²) >= 11 is 0. The van der Waals surface area contributed by atoms with E-state index in [-0.39, 0.29) is 33.9 Å². The molecule has 0 atom stereocenters. The average molecular weight is 1060 g/mol. The largest absolute Gasteiger partial charge is 0.454 e. The molecule has 0 saturated carbocycles. The summed E-state index contributed by atoms with van der Waals surface area (Å²) in [4.78, 5) is 7.85. The zero-order chi connectivity index (χ0) is 56.3. The molecule has 14 rings (SSSR count). The second-order valence-corrected chi connectivity index (χ2v) is 28.0. The summed E-state index contributed by atoms with van der Waals surface area (Å²) in [6.45, 7) is 31.0. The van der Waals surface area contributed by atoms with Crippen LogP contribution in [0.4, 0.5) is 45.5 Å². The number of hydrogen-bond acceptors (Lipinski definition) is 4. The third-order valence-corrected chi connectivity index (χ3v) is 19.7. The highest BCUT2D eigenvalue weighted by molar-refractivity contribution is 6.93. The standard InChI is InChI=1S/C76H76BN3O/c1-47-41-59-57-33-34-58-56-21-17-18-22-68(56)81-71(58)70(57)80(55-31-35-60-62(44-55)75(10,11)38-37-73(60,6)7)77-64-36-32-54(78(53-29-25-51(26-30-53)72(3,4)5)52-27-23-50(24-28-52)49-19-15-14-16-20-49)45-66(64)79(67(42-47)69(59)77)65-46-63-61(43-48(65)2)74(8,9)39-40-76(63,12)13/h14-36,41-46H,37-40H2,1-13H3. The van der Waals surface area contributed by atoms with Gasteiger partial charge in [0.15, 0.2) is 5.58 Å². The lowest BCUT2D eigenvalue weighted by atomic mass is 9.43. The first-order valence-corrected chi connectivity index (χ1v) is 29.8. The summed E-state index contributed by atoms with van der Waals surface area (Å²) in [7, 11) is 0. The number of anilines is 8. The van der Waals surface area contributed by atoms with E-state index in [0.717, 1.165) is 64.0 Å². The van der Waals surface area contributed by atoms with Crippen LogP contribution in [0.1, 0.15) is 141 Å². The Bertz CT molecular complexity index is 4190. The Morgan fingerprint density at radius 1 is 0.481 bits per heavy atom. The lowest BCUT2D eigenvalue weighted by Crippen LogP contribution is -2.61. The molecule has 5 heteroatoms. The highest BCUT2D eigenvalue weighted by Gasteiger charge is 2.48. The molecule has 404 valence electrons. The molecule has 4 aliphatic rings. The smallest absolute Gasteiger partial charge is 0.333 e. The molecule has 9 aromatic carbocycles. The number of para-hydroxylation sites is 1. The van der Waals surface area contributed by atoms with Crippen molar-refractivity contribution in [3.05, 3.63) is 215 Å². The molecule has 4 nitrogen and oxygen atoms in total. The van der Waals surface area contributed by atoms with Crippen molar-refractivity contribution in [2.24, 2.45) is 0 Å². The van der Waals surface area contributed by atoms with E-state index in [1.165, 1.54) is 101 Å². The molecular formula is C76H76BN3O. The fourth-order valence-corrected chi connectivity index (χ4v) is 14.7. The van der Waals surface area contributed by atoms with E-state index in [1.54, 1.807) is 0 Å². The highest BCUT2D eigenvalue weighted by atomic mass is 16.3. The van der Waals surface area contributed by atoms with E-state index >= 15 is 0 Å². The van der Waals surface area contributed by atoms with E-state index in [4.69, 9.17) is 4.42 Å². The summed E-state index contributed by atoms with van der Waals surface area (Å²) in [6, 6.07) is 67.5. The van der Waals surface area contributed by atoms with Crippen LogP contribution >= 0.6 is 0 Å².